The summed E-state index contributed by atoms with van der Waals surface area (Å²) in [5.41, 5.74) is 2.40. The number of hydrogen-bond donors (Lipinski definition) is 0. The molecule has 0 rings (SSSR count). The summed E-state index contributed by atoms with van der Waals surface area (Å²) in [5, 5.41) is 0. The second-order valence-corrected chi connectivity index (χ2v) is 2.63. The van der Waals surface area contributed by atoms with Crippen molar-refractivity contribution in [3.63, 3.8) is 0 Å². The largest absolute Gasteiger partial charge is 0.451 e. The lowest BCUT2D eigenvalue weighted by molar-refractivity contribution is -0.00732. The van der Waals surface area contributed by atoms with Gasteiger partial charge in [-0.3, -0.25) is 0 Å². The van der Waals surface area contributed by atoms with Crippen LogP contribution in [0.3, 0.4) is 0 Å². The first-order valence-electron chi connectivity index (χ1n) is 3.82. The lowest BCUT2D eigenvalue weighted by atomic mass is 10.2. The summed E-state index contributed by atoms with van der Waals surface area (Å²) in [7, 11) is 0. The van der Waals surface area contributed by atoms with Gasteiger partial charge in [-0.25, -0.2) is 0 Å². The van der Waals surface area contributed by atoms with Crippen LogP contribution in [-0.4, -0.2) is 17.4 Å². The molecule has 0 aliphatic rings. The van der Waals surface area contributed by atoms with Gasteiger partial charge in [0.05, 0.1) is 0 Å². The van der Waals surface area contributed by atoms with Crippen molar-refractivity contribution in [1.29, 1.82) is 0 Å². The Balaban J connectivity index is 3.47. The summed E-state index contributed by atoms with van der Waals surface area (Å²) in [5.74, 6) is 0. The predicted molar refractivity (Wildman–Crippen MR) is 57.1 cm³/mol. The van der Waals surface area contributed by atoms with Gasteiger partial charge in [0.15, 0.2) is 11.1 Å². The summed E-state index contributed by atoms with van der Waals surface area (Å²) in [6.45, 7) is 3.74. The average Bonchev–Trinajstić information content (AvgIpc) is 2.06. The molecule has 0 N–H and O–H groups in total. The Morgan fingerprint density at radius 1 is 1.17 bits per heavy atom. The van der Waals surface area contributed by atoms with E-state index in [1.54, 1.807) is 0 Å². The Morgan fingerprint density at radius 2 is 1.75 bits per heavy atom. The number of ether oxygens (including phenoxy) is 2. The highest BCUT2D eigenvalue weighted by Gasteiger charge is 2.05. The minimum Gasteiger partial charge on any atom is -0.451 e. The van der Waals surface area contributed by atoms with Gasteiger partial charge in [-0.1, -0.05) is 19.8 Å². The van der Waals surface area contributed by atoms with Crippen LogP contribution in [-0.2, 0) is 9.47 Å². The van der Waals surface area contributed by atoms with Crippen molar-refractivity contribution >= 4 is 35.5 Å². The van der Waals surface area contributed by atoms with Crippen LogP contribution in [0.15, 0.2) is 0 Å². The van der Waals surface area contributed by atoms with E-state index in [0.717, 1.165) is 25.7 Å². The molecule has 4 heteroatoms. The zero-order chi connectivity index (χ0) is 9.23. The minimum absolute atomic E-state index is 0.313. The van der Waals surface area contributed by atoms with E-state index in [0.29, 0.717) is 0 Å². The van der Waals surface area contributed by atoms with E-state index >= 15 is 0 Å². The summed E-state index contributed by atoms with van der Waals surface area (Å²) < 4.78 is 9.96. The van der Waals surface area contributed by atoms with Crippen molar-refractivity contribution in [2.24, 2.45) is 0 Å². The second-order valence-electron chi connectivity index (χ2n) is 2.24. The van der Waals surface area contributed by atoms with E-state index in [4.69, 9.17) is 9.47 Å². The molecule has 0 atom stereocenters. The monoisotopic (exact) mass is 205 g/mol. The van der Waals surface area contributed by atoms with Crippen LogP contribution >= 0.6 is 24.4 Å². The molecule has 1 radical (unpaired) electrons. The molecule has 69 valence electrons. The van der Waals surface area contributed by atoms with E-state index in [1.807, 2.05) is 0 Å². The maximum Gasteiger partial charge on any atom is 0.241 e. The molecule has 0 saturated heterocycles. The SMILES string of the molecule is [CH2]CCCCC(OC=S)OC=S. The molecule has 0 saturated carbocycles. The Bertz CT molecular complexity index is 118. The van der Waals surface area contributed by atoms with Gasteiger partial charge in [0.2, 0.25) is 6.29 Å². The first-order chi connectivity index (χ1) is 5.85. The molecule has 0 aliphatic carbocycles. The Kier molecular flexibility index (Phi) is 8.71. The molecule has 0 aromatic carbocycles. The molecule has 0 amide bonds. The highest BCUT2D eigenvalue weighted by atomic mass is 32.1. The molecule has 0 fully saturated rings. The first-order valence-corrected chi connectivity index (χ1v) is 4.77. The van der Waals surface area contributed by atoms with Crippen molar-refractivity contribution in [3.05, 3.63) is 6.92 Å². The molecule has 0 aromatic heterocycles. The summed E-state index contributed by atoms with van der Waals surface area (Å²) in [6.07, 6.45) is 3.50. The van der Waals surface area contributed by atoms with Crippen molar-refractivity contribution in [1.82, 2.24) is 0 Å². The summed E-state index contributed by atoms with van der Waals surface area (Å²) >= 11 is 9.07. The van der Waals surface area contributed by atoms with Crippen molar-refractivity contribution in [3.8, 4) is 0 Å². The van der Waals surface area contributed by atoms with E-state index in [9.17, 15) is 0 Å². The highest BCUT2D eigenvalue weighted by Crippen LogP contribution is 2.06. The predicted octanol–water partition coefficient (Wildman–Crippen LogP) is 2.65. The molecule has 0 bridgehead atoms. The normalized spacial score (nSPS) is 9.50. The van der Waals surface area contributed by atoms with Gasteiger partial charge in [-0.2, -0.15) is 0 Å². The topological polar surface area (TPSA) is 18.5 Å². The number of unbranched alkanes of at least 4 members (excludes halogenated alkanes) is 2. The van der Waals surface area contributed by atoms with Crippen LogP contribution in [0.4, 0.5) is 0 Å². The van der Waals surface area contributed by atoms with Crippen LogP contribution in [0, 0.1) is 6.92 Å². The molecule has 0 aliphatic heterocycles. The molecule has 12 heavy (non-hydrogen) atoms. The number of thiocarbonyl (C=S) groups is 2. The van der Waals surface area contributed by atoms with Crippen LogP contribution in [0.1, 0.15) is 25.7 Å². The Labute approximate surface area is 84.2 Å². The third-order valence-electron chi connectivity index (χ3n) is 1.35. The second kappa shape index (κ2) is 8.87. The molecule has 0 spiro atoms. The standard InChI is InChI=1S/C8H13O2S2/c1-2-3-4-5-8(9-6-11)10-7-12/h6-8H,1-5H2. The zero-order valence-corrected chi connectivity index (χ0v) is 8.53. The molecule has 0 unspecified atom stereocenters. The smallest absolute Gasteiger partial charge is 0.241 e. The van der Waals surface area contributed by atoms with E-state index < -0.39 is 0 Å². The van der Waals surface area contributed by atoms with E-state index in [2.05, 4.69) is 31.4 Å². The summed E-state index contributed by atoms with van der Waals surface area (Å²) in [4.78, 5) is 0. The van der Waals surface area contributed by atoms with Gasteiger partial charge in [0.1, 0.15) is 0 Å². The maximum atomic E-state index is 4.98. The van der Waals surface area contributed by atoms with Crippen LogP contribution < -0.4 is 0 Å². The van der Waals surface area contributed by atoms with Gasteiger partial charge in [0, 0.05) is 6.42 Å². The average molecular weight is 205 g/mol. The Hall–Kier alpha value is -0.220. The van der Waals surface area contributed by atoms with E-state index in [-0.39, 0.29) is 6.29 Å². The van der Waals surface area contributed by atoms with Crippen molar-refractivity contribution in [2.45, 2.75) is 32.0 Å². The molecule has 2 nitrogen and oxygen atoms in total. The van der Waals surface area contributed by atoms with Crippen LogP contribution in [0.5, 0.6) is 0 Å². The fraction of sp³-hybridized carbons (Fsp3) is 0.625. The quantitative estimate of drug-likeness (QED) is 0.344. The van der Waals surface area contributed by atoms with Gasteiger partial charge in [-0.05, 0) is 30.9 Å². The number of rotatable bonds is 8. The highest BCUT2D eigenvalue weighted by molar-refractivity contribution is 7.78. The zero-order valence-electron chi connectivity index (χ0n) is 6.90. The van der Waals surface area contributed by atoms with E-state index in [1.165, 1.54) is 11.1 Å². The first kappa shape index (κ1) is 11.8. The van der Waals surface area contributed by atoms with Gasteiger partial charge in [-0.15, -0.1) is 0 Å². The van der Waals surface area contributed by atoms with Gasteiger partial charge < -0.3 is 9.47 Å². The number of hydrogen-bond acceptors (Lipinski definition) is 4. The lowest BCUT2D eigenvalue weighted by Gasteiger charge is -2.13. The Morgan fingerprint density at radius 3 is 2.17 bits per heavy atom. The van der Waals surface area contributed by atoms with Gasteiger partial charge >= 0.3 is 0 Å². The third kappa shape index (κ3) is 6.49. The fourth-order valence-corrected chi connectivity index (χ4v) is 1.03. The van der Waals surface area contributed by atoms with Crippen molar-refractivity contribution in [2.75, 3.05) is 0 Å². The van der Waals surface area contributed by atoms with Crippen molar-refractivity contribution < 1.29 is 9.47 Å². The lowest BCUT2D eigenvalue weighted by Crippen LogP contribution is -2.14. The fourth-order valence-electron chi connectivity index (χ4n) is 0.780. The minimum atomic E-state index is -0.313. The molecular weight excluding hydrogens is 192 g/mol. The molecular formula is C8H13O2S2. The molecule has 0 heterocycles. The summed E-state index contributed by atoms with van der Waals surface area (Å²) in [6, 6.07) is 0. The van der Waals surface area contributed by atoms with Crippen LogP contribution in [0.2, 0.25) is 0 Å². The maximum absolute atomic E-state index is 4.98. The van der Waals surface area contributed by atoms with Gasteiger partial charge in [0.25, 0.3) is 0 Å². The molecule has 0 aromatic rings. The third-order valence-corrected chi connectivity index (χ3v) is 1.58. The van der Waals surface area contributed by atoms with Crippen LogP contribution in [0.25, 0.3) is 0 Å².